The maximum absolute atomic E-state index is 13.0. The lowest BCUT2D eigenvalue weighted by molar-refractivity contribution is -0.131. The Hall–Kier alpha value is -2.25. The molecule has 4 rings (SSSR count). The summed E-state index contributed by atoms with van der Waals surface area (Å²) in [5, 5.41) is 7.32. The standard InChI is InChI=1S/C18H23N5O2/c1-22-8-15(7-21-22)9-23-10-16-11-25-13-18(16,12-23)17(24)20-6-14-3-2-4-19-5-14/h2-5,7-8,16H,6,9-13H2,1H3,(H,20,24)/t16-,18-/m0/s1. The molecule has 0 radical (unpaired) electrons. The number of likely N-dealkylation sites (tertiary alicyclic amines) is 1. The lowest BCUT2D eigenvalue weighted by Gasteiger charge is -2.26. The highest BCUT2D eigenvalue weighted by Crippen LogP contribution is 2.42. The van der Waals surface area contributed by atoms with Crippen molar-refractivity contribution in [3.8, 4) is 0 Å². The van der Waals surface area contributed by atoms with Gasteiger partial charge in [0.25, 0.3) is 0 Å². The minimum atomic E-state index is -0.440. The Morgan fingerprint density at radius 1 is 1.44 bits per heavy atom. The molecule has 7 heteroatoms. The van der Waals surface area contributed by atoms with E-state index in [1.54, 1.807) is 12.4 Å². The Kier molecular flexibility index (Phi) is 4.27. The van der Waals surface area contributed by atoms with Crippen molar-refractivity contribution >= 4 is 5.91 Å². The molecule has 25 heavy (non-hydrogen) atoms. The third-order valence-electron chi connectivity index (χ3n) is 5.24. The molecule has 7 nitrogen and oxygen atoms in total. The molecule has 2 aromatic rings. The second-order valence-corrected chi connectivity index (χ2v) is 7.10. The lowest BCUT2D eigenvalue weighted by atomic mass is 9.80. The van der Waals surface area contributed by atoms with E-state index in [1.807, 2.05) is 36.3 Å². The van der Waals surface area contributed by atoms with Gasteiger partial charge in [0, 0.05) is 63.3 Å². The van der Waals surface area contributed by atoms with Gasteiger partial charge in [-0.25, -0.2) is 0 Å². The summed E-state index contributed by atoms with van der Waals surface area (Å²) in [5.41, 5.74) is 1.74. The maximum atomic E-state index is 13.0. The Morgan fingerprint density at radius 2 is 2.36 bits per heavy atom. The van der Waals surface area contributed by atoms with Gasteiger partial charge in [-0.1, -0.05) is 6.07 Å². The predicted octanol–water partition coefficient (Wildman–Crippen LogP) is 0.580. The first-order chi connectivity index (χ1) is 12.2. The first kappa shape index (κ1) is 16.2. The van der Waals surface area contributed by atoms with Crippen molar-refractivity contribution in [1.29, 1.82) is 0 Å². The number of nitrogens with one attached hydrogen (secondary N) is 1. The second kappa shape index (κ2) is 6.57. The smallest absolute Gasteiger partial charge is 0.230 e. The average Bonchev–Trinajstić information content (AvgIpc) is 3.28. The number of fused-ring (bicyclic) bond motifs is 1. The zero-order chi connectivity index (χ0) is 17.3. The molecule has 2 aliphatic heterocycles. The van der Waals surface area contributed by atoms with Gasteiger partial charge in [-0.3, -0.25) is 19.4 Å². The van der Waals surface area contributed by atoms with Crippen molar-refractivity contribution in [2.24, 2.45) is 18.4 Å². The highest BCUT2D eigenvalue weighted by molar-refractivity contribution is 5.84. The van der Waals surface area contributed by atoms with E-state index in [-0.39, 0.29) is 11.8 Å². The number of carbonyl (C=O) groups excluding carboxylic acids is 1. The number of nitrogens with zero attached hydrogens (tertiary/aromatic N) is 4. The molecule has 2 atom stereocenters. The van der Waals surface area contributed by atoms with Crippen molar-refractivity contribution < 1.29 is 9.53 Å². The van der Waals surface area contributed by atoms with E-state index in [2.05, 4.69) is 20.3 Å². The zero-order valence-corrected chi connectivity index (χ0v) is 14.4. The van der Waals surface area contributed by atoms with Crippen LogP contribution in [0.3, 0.4) is 0 Å². The minimum Gasteiger partial charge on any atom is -0.380 e. The van der Waals surface area contributed by atoms with Gasteiger partial charge in [0.1, 0.15) is 0 Å². The van der Waals surface area contributed by atoms with E-state index in [0.29, 0.717) is 19.8 Å². The summed E-state index contributed by atoms with van der Waals surface area (Å²) >= 11 is 0. The highest BCUT2D eigenvalue weighted by atomic mass is 16.5. The molecular formula is C18H23N5O2. The van der Waals surface area contributed by atoms with Crippen LogP contribution in [0.25, 0.3) is 0 Å². The number of amides is 1. The fourth-order valence-corrected chi connectivity index (χ4v) is 3.95. The van der Waals surface area contributed by atoms with Crippen LogP contribution in [0.4, 0.5) is 0 Å². The predicted molar refractivity (Wildman–Crippen MR) is 91.3 cm³/mol. The molecule has 2 aliphatic rings. The van der Waals surface area contributed by atoms with Crippen LogP contribution in [0.5, 0.6) is 0 Å². The largest absolute Gasteiger partial charge is 0.380 e. The van der Waals surface area contributed by atoms with Gasteiger partial charge in [-0.05, 0) is 11.6 Å². The normalized spacial score (nSPS) is 25.9. The summed E-state index contributed by atoms with van der Waals surface area (Å²) in [6, 6.07) is 3.85. The van der Waals surface area contributed by atoms with Gasteiger partial charge in [-0.15, -0.1) is 0 Å². The van der Waals surface area contributed by atoms with E-state index in [1.165, 1.54) is 5.56 Å². The number of hydrogen-bond donors (Lipinski definition) is 1. The van der Waals surface area contributed by atoms with Crippen LogP contribution in [0, 0.1) is 11.3 Å². The van der Waals surface area contributed by atoms with E-state index < -0.39 is 5.41 Å². The van der Waals surface area contributed by atoms with Crippen LogP contribution in [0.15, 0.2) is 36.9 Å². The average molecular weight is 341 g/mol. The number of hydrogen-bond acceptors (Lipinski definition) is 5. The number of aryl methyl sites for hydroxylation is 1. The first-order valence-electron chi connectivity index (χ1n) is 8.60. The summed E-state index contributed by atoms with van der Waals surface area (Å²) in [7, 11) is 1.92. The van der Waals surface area contributed by atoms with Crippen molar-refractivity contribution in [2.75, 3.05) is 26.3 Å². The molecular weight excluding hydrogens is 318 g/mol. The van der Waals surface area contributed by atoms with E-state index in [0.717, 1.165) is 25.2 Å². The Labute approximate surface area is 147 Å². The molecule has 2 fully saturated rings. The molecule has 0 aromatic carbocycles. The first-order valence-corrected chi connectivity index (χ1v) is 8.60. The van der Waals surface area contributed by atoms with Gasteiger partial charge in [-0.2, -0.15) is 5.10 Å². The Balaban J connectivity index is 1.42. The molecule has 2 saturated heterocycles. The lowest BCUT2D eigenvalue weighted by Crippen LogP contribution is -2.46. The van der Waals surface area contributed by atoms with Crippen LogP contribution in [-0.4, -0.2) is 51.9 Å². The zero-order valence-electron chi connectivity index (χ0n) is 14.4. The number of aromatic nitrogens is 3. The summed E-state index contributed by atoms with van der Waals surface area (Å²) in [6.45, 7) is 4.09. The third-order valence-corrected chi connectivity index (χ3v) is 5.24. The van der Waals surface area contributed by atoms with Gasteiger partial charge >= 0.3 is 0 Å². The molecule has 0 bridgehead atoms. The van der Waals surface area contributed by atoms with Gasteiger partial charge < -0.3 is 10.1 Å². The maximum Gasteiger partial charge on any atom is 0.230 e. The van der Waals surface area contributed by atoms with Gasteiger partial charge in [0.05, 0.1) is 24.8 Å². The van der Waals surface area contributed by atoms with E-state index in [4.69, 9.17) is 4.74 Å². The summed E-state index contributed by atoms with van der Waals surface area (Å²) in [4.78, 5) is 19.4. The summed E-state index contributed by atoms with van der Waals surface area (Å²) in [5.74, 6) is 0.339. The third kappa shape index (κ3) is 3.17. The topological polar surface area (TPSA) is 72.3 Å². The van der Waals surface area contributed by atoms with Crippen molar-refractivity contribution in [3.05, 3.63) is 48.0 Å². The van der Waals surface area contributed by atoms with E-state index >= 15 is 0 Å². The molecule has 0 saturated carbocycles. The quantitative estimate of drug-likeness (QED) is 0.861. The van der Waals surface area contributed by atoms with Crippen LogP contribution in [0.1, 0.15) is 11.1 Å². The second-order valence-electron chi connectivity index (χ2n) is 7.10. The SMILES string of the molecule is Cn1cc(CN2C[C@H]3COC[C@@]3(C(=O)NCc3cccnc3)C2)cn1. The molecule has 4 heterocycles. The van der Waals surface area contributed by atoms with Crippen molar-refractivity contribution in [2.45, 2.75) is 13.1 Å². The Bertz CT molecular complexity index is 747. The van der Waals surface area contributed by atoms with Crippen LogP contribution >= 0.6 is 0 Å². The fraction of sp³-hybridized carbons (Fsp3) is 0.500. The molecule has 1 N–H and O–H groups in total. The van der Waals surface area contributed by atoms with Crippen LogP contribution in [-0.2, 0) is 29.7 Å². The molecule has 1 amide bonds. The minimum absolute atomic E-state index is 0.0903. The summed E-state index contributed by atoms with van der Waals surface area (Å²) < 4.78 is 7.49. The number of carbonyl (C=O) groups is 1. The van der Waals surface area contributed by atoms with Crippen molar-refractivity contribution in [1.82, 2.24) is 25.0 Å². The molecule has 2 aromatic heterocycles. The number of rotatable bonds is 5. The Morgan fingerprint density at radius 3 is 3.12 bits per heavy atom. The van der Waals surface area contributed by atoms with Gasteiger partial charge in [0.2, 0.25) is 5.91 Å². The van der Waals surface area contributed by atoms with Crippen molar-refractivity contribution in [3.63, 3.8) is 0 Å². The van der Waals surface area contributed by atoms with Crippen LogP contribution < -0.4 is 5.32 Å². The van der Waals surface area contributed by atoms with E-state index in [9.17, 15) is 4.79 Å². The highest BCUT2D eigenvalue weighted by Gasteiger charge is 2.55. The number of pyridine rings is 1. The molecule has 0 aliphatic carbocycles. The molecule has 0 spiro atoms. The fourth-order valence-electron chi connectivity index (χ4n) is 3.95. The van der Waals surface area contributed by atoms with Gasteiger partial charge in [0.15, 0.2) is 0 Å². The summed E-state index contributed by atoms with van der Waals surface area (Å²) in [6.07, 6.45) is 7.43. The molecule has 0 unspecified atom stereocenters. The molecule has 132 valence electrons. The number of ether oxygens (including phenoxy) is 1. The van der Waals surface area contributed by atoms with Crippen LogP contribution in [0.2, 0.25) is 0 Å². The monoisotopic (exact) mass is 341 g/mol.